The molecule has 9 heteroatoms. The summed E-state index contributed by atoms with van der Waals surface area (Å²) in [6.07, 6.45) is 13.8. The molecule has 0 amide bonds. The summed E-state index contributed by atoms with van der Waals surface area (Å²) in [5, 5.41) is 0. The summed E-state index contributed by atoms with van der Waals surface area (Å²) < 4.78 is 9.40. The average molecular weight is 566 g/mol. The molecule has 1 aromatic carbocycles. The molecule has 0 aliphatic rings. The highest BCUT2D eigenvalue weighted by molar-refractivity contribution is 5.71. The van der Waals surface area contributed by atoms with Crippen LogP contribution in [0.3, 0.4) is 0 Å². The number of nitrogens with zero attached hydrogens (tertiary/aromatic N) is 6. The van der Waals surface area contributed by atoms with Crippen molar-refractivity contribution in [3.05, 3.63) is 71.8 Å². The molecule has 0 saturated carbocycles. The van der Waals surface area contributed by atoms with Crippen LogP contribution in [0, 0.1) is 0 Å². The predicted octanol–water partition coefficient (Wildman–Crippen LogP) is 4.80. The van der Waals surface area contributed by atoms with Crippen molar-refractivity contribution in [2.45, 2.75) is 91.0 Å². The summed E-state index contributed by atoms with van der Waals surface area (Å²) in [4.78, 5) is 26.0. The van der Waals surface area contributed by atoms with Crippen molar-refractivity contribution in [3.63, 3.8) is 0 Å². The lowest BCUT2D eigenvalue weighted by molar-refractivity contribution is -0.144. The maximum Gasteiger partial charge on any atom is 0.320 e. The van der Waals surface area contributed by atoms with E-state index in [0.717, 1.165) is 76.4 Å². The summed E-state index contributed by atoms with van der Waals surface area (Å²) in [6.45, 7) is 10.7. The van der Waals surface area contributed by atoms with Gasteiger partial charge in [0.2, 0.25) is 0 Å². The van der Waals surface area contributed by atoms with Crippen molar-refractivity contribution in [1.82, 2.24) is 28.9 Å². The molecule has 2 aromatic heterocycles. The third-order valence-electron chi connectivity index (χ3n) is 7.71. The second-order valence-electron chi connectivity index (χ2n) is 11.4. The Morgan fingerprint density at radius 3 is 1.78 bits per heavy atom. The average Bonchev–Trinajstić information content (AvgIpc) is 3.52. The first-order chi connectivity index (χ1) is 19.7. The van der Waals surface area contributed by atoms with E-state index in [-0.39, 0.29) is 18.1 Å². The fraction of sp³-hybridized carbons (Fsp3) is 0.594. The number of ether oxygens (including phenoxy) is 1. The van der Waals surface area contributed by atoms with E-state index >= 15 is 0 Å². The smallest absolute Gasteiger partial charge is 0.320 e. The largest absolute Gasteiger partial charge is 0.465 e. The van der Waals surface area contributed by atoms with Gasteiger partial charge in [-0.25, -0.2) is 9.97 Å². The number of rotatable bonds is 19. The molecule has 0 atom stereocenters. The first kappa shape index (κ1) is 32.5. The van der Waals surface area contributed by atoms with Crippen LogP contribution in [0.5, 0.6) is 0 Å². The van der Waals surface area contributed by atoms with Crippen LogP contribution in [0.2, 0.25) is 0 Å². The Balaban J connectivity index is 1.66. The molecule has 0 radical (unpaired) electrons. The fourth-order valence-electron chi connectivity index (χ4n) is 5.56. The van der Waals surface area contributed by atoms with E-state index < -0.39 is 0 Å². The Kier molecular flexibility index (Phi) is 13.0. The van der Waals surface area contributed by atoms with Crippen molar-refractivity contribution in [2.75, 3.05) is 19.7 Å². The zero-order valence-electron chi connectivity index (χ0n) is 25.9. The van der Waals surface area contributed by atoms with E-state index in [1.807, 2.05) is 45.8 Å². The van der Waals surface area contributed by atoms with Gasteiger partial charge in [0.1, 0.15) is 11.6 Å². The lowest BCUT2D eigenvalue weighted by Gasteiger charge is -2.30. The van der Waals surface area contributed by atoms with E-state index in [1.165, 1.54) is 11.1 Å². The van der Waals surface area contributed by atoms with Gasteiger partial charge in [0.15, 0.2) is 0 Å². The van der Waals surface area contributed by atoms with Crippen molar-refractivity contribution in [1.29, 1.82) is 0 Å². The normalized spacial score (nSPS) is 12.0. The summed E-state index contributed by atoms with van der Waals surface area (Å²) >= 11 is 0. The topological polar surface area (TPSA) is 94.4 Å². The third-order valence-corrected chi connectivity index (χ3v) is 7.71. The van der Waals surface area contributed by atoms with Gasteiger partial charge in [-0.3, -0.25) is 14.6 Å². The SMILES string of the molecule is CCCC(N)(CCC)CCCN(CC(=O)OCC)Cc1ccc(CN(Cc2nccn2C)Cc2nccn2C)cc1. The molecule has 2 heterocycles. The predicted molar refractivity (Wildman–Crippen MR) is 164 cm³/mol. The third kappa shape index (κ3) is 10.7. The van der Waals surface area contributed by atoms with E-state index in [0.29, 0.717) is 13.2 Å². The summed E-state index contributed by atoms with van der Waals surface area (Å²) in [7, 11) is 4.05. The summed E-state index contributed by atoms with van der Waals surface area (Å²) in [5.41, 5.74) is 9.03. The Morgan fingerprint density at radius 2 is 1.34 bits per heavy atom. The van der Waals surface area contributed by atoms with Gasteiger partial charge in [-0.15, -0.1) is 0 Å². The lowest BCUT2D eigenvalue weighted by Crippen LogP contribution is -2.40. The quantitative estimate of drug-likeness (QED) is 0.209. The minimum Gasteiger partial charge on any atom is -0.465 e. The van der Waals surface area contributed by atoms with Crippen molar-refractivity contribution in [2.24, 2.45) is 19.8 Å². The van der Waals surface area contributed by atoms with Gasteiger partial charge in [0.05, 0.1) is 26.2 Å². The number of benzene rings is 1. The molecule has 0 aliphatic carbocycles. The van der Waals surface area contributed by atoms with Crippen LogP contribution in [0.25, 0.3) is 0 Å². The van der Waals surface area contributed by atoms with E-state index in [1.54, 1.807) is 0 Å². The van der Waals surface area contributed by atoms with Crippen molar-refractivity contribution >= 4 is 5.97 Å². The maximum atomic E-state index is 12.4. The van der Waals surface area contributed by atoms with E-state index in [9.17, 15) is 4.79 Å². The molecule has 41 heavy (non-hydrogen) atoms. The first-order valence-corrected chi connectivity index (χ1v) is 15.1. The molecule has 2 N–H and O–H groups in total. The maximum absolute atomic E-state index is 12.4. The van der Waals surface area contributed by atoms with Gasteiger partial charge in [-0.2, -0.15) is 0 Å². The number of esters is 1. The molecule has 0 spiro atoms. The molecule has 9 nitrogen and oxygen atoms in total. The molecule has 0 aliphatic heterocycles. The van der Waals surface area contributed by atoms with Crippen LogP contribution < -0.4 is 5.73 Å². The summed E-state index contributed by atoms with van der Waals surface area (Å²) in [6, 6.07) is 8.73. The van der Waals surface area contributed by atoms with Crippen LogP contribution in [0.15, 0.2) is 49.1 Å². The fourth-order valence-corrected chi connectivity index (χ4v) is 5.56. The Morgan fingerprint density at radius 1 is 0.829 bits per heavy atom. The lowest BCUT2D eigenvalue weighted by atomic mass is 9.85. The van der Waals surface area contributed by atoms with Gasteiger partial charge in [0.25, 0.3) is 0 Å². The van der Waals surface area contributed by atoms with Gasteiger partial charge >= 0.3 is 5.97 Å². The molecular weight excluding hydrogens is 514 g/mol. The zero-order valence-corrected chi connectivity index (χ0v) is 25.9. The van der Waals surface area contributed by atoms with Crippen LogP contribution in [0.4, 0.5) is 0 Å². The highest BCUT2D eigenvalue weighted by Crippen LogP contribution is 2.23. The van der Waals surface area contributed by atoms with Crippen LogP contribution in [0.1, 0.15) is 82.1 Å². The number of carbonyl (C=O) groups excluding carboxylic acids is 1. The first-order valence-electron chi connectivity index (χ1n) is 15.1. The van der Waals surface area contributed by atoms with Crippen molar-refractivity contribution < 1.29 is 9.53 Å². The van der Waals surface area contributed by atoms with E-state index in [4.69, 9.17) is 10.5 Å². The minimum absolute atomic E-state index is 0.115. The number of imidazole rings is 2. The van der Waals surface area contributed by atoms with Gasteiger partial charge in [-0.1, -0.05) is 51.0 Å². The molecule has 0 unspecified atom stereocenters. The van der Waals surface area contributed by atoms with Crippen molar-refractivity contribution in [3.8, 4) is 0 Å². The Hall–Kier alpha value is -3.01. The number of carbonyl (C=O) groups is 1. The van der Waals surface area contributed by atoms with Crippen LogP contribution in [-0.2, 0) is 49.8 Å². The molecule has 0 saturated heterocycles. The highest BCUT2D eigenvalue weighted by atomic mass is 16.5. The van der Waals surface area contributed by atoms with Crippen LogP contribution >= 0.6 is 0 Å². The molecule has 0 bridgehead atoms. The van der Waals surface area contributed by atoms with Gasteiger partial charge in [-0.05, 0) is 50.3 Å². The van der Waals surface area contributed by atoms with Gasteiger partial charge in [0, 0.05) is 57.5 Å². The number of aryl methyl sites for hydroxylation is 2. The number of hydrogen-bond acceptors (Lipinski definition) is 7. The number of nitrogens with two attached hydrogens (primary N) is 1. The number of hydrogen-bond donors (Lipinski definition) is 1. The second-order valence-corrected chi connectivity index (χ2v) is 11.4. The highest BCUT2D eigenvalue weighted by Gasteiger charge is 2.23. The monoisotopic (exact) mass is 565 g/mol. The molecule has 3 rings (SSSR count). The zero-order chi connectivity index (χ0) is 29.7. The molecule has 226 valence electrons. The number of aromatic nitrogens is 4. The second kappa shape index (κ2) is 16.4. The Labute approximate surface area is 246 Å². The Bertz CT molecular complexity index is 1120. The molecule has 0 fully saturated rings. The molecule has 3 aromatic rings. The standard InChI is InChI=1S/C32H51N7O2/c1-6-14-32(33,15-7-2)16-9-19-38(26-31(40)41-8-3)22-27-10-12-28(13-11-27)23-39(24-29-34-17-20-36(29)4)25-30-35-18-21-37(30)5/h10-13,17-18,20-21H,6-9,14-16,19,22-26,33H2,1-5H3. The van der Waals surface area contributed by atoms with E-state index in [2.05, 4.69) is 67.0 Å². The summed E-state index contributed by atoms with van der Waals surface area (Å²) in [5.74, 6) is 1.86. The minimum atomic E-state index is -0.176. The van der Waals surface area contributed by atoms with Gasteiger partial charge < -0.3 is 19.6 Å². The van der Waals surface area contributed by atoms with Crippen LogP contribution in [-0.4, -0.2) is 60.1 Å². The molecular formula is C32H51N7O2.